The predicted molar refractivity (Wildman–Crippen MR) is 49.4 cm³/mol. The Morgan fingerprint density at radius 3 is 2.23 bits per heavy atom. The molecule has 0 heterocycles. The maximum Gasteiger partial charge on any atom is 0.316 e. The van der Waals surface area contributed by atoms with Crippen LogP contribution in [-0.2, 0) is 14.3 Å². The topological polar surface area (TPSA) is 46.6 Å². The van der Waals surface area contributed by atoms with Gasteiger partial charge < -0.3 is 9.64 Å². The fourth-order valence-electron chi connectivity index (χ4n) is 1.02. The number of nitrogens with zero attached hydrogens (tertiary/aromatic N) is 1. The molecule has 0 fully saturated rings. The van der Waals surface area contributed by atoms with Gasteiger partial charge in [0, 0.05) is 0 Å². The molecule has 0 bridgehead atoms. The molecule has 1 unspecified atom stereocenters. The van der Waals surface area contributed by atoms with Crippen LogP contribution in [0.1, 0.15) is 13.3 Å². The van der Waals surface area contributed by atoms with Gasteiger partial charge in [0.25, 0.3) is 0 Å². The summed E-state index contributed by atoms with van der Waals surface area (Å²) in [5.74, 6) is -1.17. The van der Waals surface area contributed by atoms with Crippen molar-refractivity contribution in [2.75, 3.05) is 27.7 Å². The van der Waals surface area contributed by atoms with Gasteiger partial charge in [-0.25, -0.2) is 0 Å². The number of methoxy groups -OCH3 is 1. The molecule has 0 radical (unpaired) electrons. The number of hydrogen-bond acceptors (Lipinski definition) is 4. The smallest absolute Gasteiger partial charge is 0.316 e. The molecule has 0 saturated heterocycles. The van der Waals surface area contributed by atoms with Crippen LogP contribution in [-0.4, -0.2) is 44.4 Å². The van der Waals surface area contributed by atoms with Crippen molar-refractivity contribution in [3.05, 3.63) is 0 Å². The van der Waals surface area contributed by atoms with Crippen LogP contribution in [0.15, 0.2) is 0 Å². The van der Waals surface area contributed by atoms with E-state index < -0.39 is 11.9 Å². The lowest BCUT2D eigenvalue weighted by atomic mass is 10.0. The molecular formula is C9H17NO3. The molecule has 4 nitrogen and oxygen atoms in total. The van der Waals surface area contributed by atoms with Gasteiger partial charge in [-0.2, -0.15) is 0 Å². The summed E-state index contributed by atoms with van der Waals surface area (Å²) in [6.45, 7) is 2.12. The van der Waals surface area contributed by atoms with E-state index >= 15 is 0 Å². The van der Waals surface area contributed by atoms with Gasteiger partial charge in [-0.05, 0) is 34.0 Å². The van der Waals surface area contributed by atoms with Gasteiger partial charge in [-0.15, -0.1) is 0 Å². The molecule has 0 aliphatic rings. The van der Waals surface area contributed by atoms with E-state index in [0.717, 1.165) is 0 Å². The minimum Gasteiger partial charge on any atom is -0.468 e. The number of ether oxygens (including phenoxy) is 1. The standard InChI is InChI=1S/C9H17NO3/c1-7(11)8(9(12)13-4)5-6-10(2)3/h8H,5-6H2,1-4H3. The van der Waals surface area contributed by atoms with E-state index in [4.69, 9.17) is 0 Å². The largest absolute Gasteiger partial charge is 0.468 e. The normalized spacial score (nSPS) is 12.7. The second-order valence-electron chi connectivity index (χ2n) is 3.28. The average molecular weight is 187 g/mol. The summed E-state index contributed by atoms with van der Waals surface area (Å²) in [7, 11) is 5.09. The molecule has 0 saturated carbocycles. The molecule has 1 atom stereocenters. The van der Waals surface area contributed by atoms with Gasteiger partial charge in [-0.1, -0.05) is 0 Å². The minimum atomic E-state index is -0.604. The Labute approximate surface area is 78.9 Å². The minimum absolute atomic E-state index is 0.131. The monoisotopic (exact) mass is 187 g/mol. The summed E-state index contributed by atoms with van der Waals surface area (Å²) in [6, 6.07) is 0. The van der Waals surface area contributed by atoms with Crippen LogP contribution in [0.5, 0.6) is 0 Å². The Morgan fingerprint density at radius 1 is 1.38 bits per heavy atom. The molecule has 0 spiro atoms. The number of carbonyl (C=O) groups is 2. The van der Waals surface area contributed by atoms with Crippen LogP contribution >= 0.6 is 0 Å². The summed E-state index contributed by atoms with van der Waals surface area (Å²) in [5, 5.41) is 0. The highest BCUT2D eigenvalue weighted by molar-refractivity contribution is 5.97. The third-order valence-corrected chi connectivity index (χ3v) is 1.84. The zero-order valence-corrected chi connectivity index (χ0v) is 8.66. The van der Waals surface area contributed by atoms with Gasteiger partial charge in [0.1, 0.15) is 11.7 Å². The van der Waals surface area contributed by atoms with Crippen molar-refractivity contribution in [1.82, 2.24) is 4.90 Å². The number of rotatable bonds is 5. The Kier molecular flexibility index (Phi) is 5.30. The van der Waals surface area contributed by atoms with E-state index in [1.165, 1.54) is 14.0 Å². The maximum absolute atomic E-state index is 11.1. The van der Waals surface area contributed by atoms with E-state index in [1.807, 2.05) is 19.0 Å². The van der Waals surface area contributed by atoms with Crippen molar-refractivity contribution >= 4 is 11.8 Å². The van der Waals surface area contributed by atoms with Crippen LogP contribution in [0.25, 0.3) is 0 Å². The van der Waals surface area contributed by atoms with Gasteiger partial charge in [0.05, 0.1) is 7.11 Å². The van der Waals surface area contributed by atoms with E-state index in [2.05, 4.69) is 4.74 Å². The van der Waals surface area contributed by atoms with E-state index in [-0.39, 0.29) is 5.78 Å². The Morgan fingerprint density at radius 2 is 1.92 bits per heavy atom. The quantitative estimate of drug-likeness (QED) is 0.459. The molecule has 13 heavy (non-hydrogen) atoms. The second-order valence-corrected chi connectivity index (χ2v) is 3.28. The highest BCUT2D eigenvalue weighted by Gasteiger charge is 2.23. The van der Waals surface area contributed by atoms with Crippen molar-refractivity contribution in [3.63, 3.8) is 0 Å². The first-order valence-corrected chi connectivity index (χ1v) is 4.22. The molecule has 76 valence electrons. The molecule has 0 aromatic carbocycles. The zero-order valence-electron chi connectivity index (χ0n) is 8.66. The molecule has 0 aliphatic carbocycles. The fraction of sp³-hybridized carbons (Fsp3) is 0.778. The van der Waals surface area contributed by atoms with E-state index in [0.29, 0.717) is 13.0 Å². The molecule has 4 heteroatoms. The van der Waals surface area contributed by atoms with Gasteiger partial charge >= 0.3 is 5.97 Å². The van der Waals surface area contributed by atoms with Crippen LogP contribution in [0.2, 0.25) is 0 Å². The molecule has 0 aliphatic heterocycles. The molecule has 0 aromatic rings. The fourth-order valence-corrected chi connectivity index (χ4v) is 1.02. The summed E-state index contributed by atoms with van der Waals surface area (Å²) < 4.78 is 4.53. The van der Waals surface area contributed by atoms with E-state index in [1.54, 1.807) is 0 Å². The number of carbonyl (C=O) groups excluding carboxylic acids is 2. The van der Waals surface area contributed by atoms with Gasteiger partial charge in [0.15, 0.2) is 0 Å². The highest BCUT2D eigenvalue weighted by atomic mass is 16.5. The lowest BCUT2D eigenvalue weighted by molar-refractivity contribution is -0.149. The highest BCUT2D eigenvalue weighted by Crippen LogP contribution is 2.07. The SMILES string of the molecule is COC(=O)C(CCN(C)C)C(C)=O. The third-order valence-electron chi connectivity index (χ3n) is 1.84. The maximum atomic E-state index is 11.1. The van der Waals surface area contributed by atoms with Crippen molar-refractivity contribution in [2.24, 2.45) is 5.92 Å². The molecule has 0 rings (SSSR count). The van der Waals surface area contributed by atoms with Crippen LogP contribution in [0, 0.1) is 5.92 Å². The first-order chi connectivity index (χ1) is 5.99. The summed E-state index contributed by atoms with van der Waals surface area (Å²) in [4.78, 5) is 24.1. The third kappa shape index (κ3) is 4.62. The van der Waals surface area contributed by atoms with Crippen molar-refractivity contribution in [1.29, 1.82) is 0 Å². The first kappa shape index (κ1) is 12.1. The first-order valence-electron chi connectivity index (χ1n) is 4.22. The van der Waals surface area contributed by atoms with Crippen molar-refractivity contribution in [2.45, 2.75) is 13.3 Å². The Hall–Kier alpha value is -0.900. The molecular weight excluding hydrogens is 170 g/mol. The number of esters is 1. The number of hydrogen-bond donors (Lipinski definition) is 0. The second kappa shape index (κ2) is 5.70. The zero-order chi connectivity index (χ0) is 10.4. The van der Waals surface area contributed by atoms with Gasteiger partial charge in [0.2, 0.25) is 0 Å². The summed E-state index contributed by atoms with van der Waals surface area (Å²) in [5.41, 5.74) is 0. The van der Waals surface area contributed by atoms with E-state index in [9.17, 15) is 9.59 Å². The van der Waals surface area contributed by atoms with Crippen LogP contribution in [0.3, 0.4) is 0 Å². The van der Waals surface area contributed by atoms with Crippen LogP contribution < -0.4 is 0 Å². The summed E-state index contributed by atoms with van der Waals surface area (Å²) in [6.07, 6.45) is 0.523. The predicted octanol–water partition coefficient (Wildman–Crippen LogP) is 0.316. The molecule has 0 amide bonds. The average Bonchev–Trinajstić information content (AvgIpc) is 2.03. The molecule has 0 N–H and O–H groups in total. The number of ketones is 1. The molecule has 0 aromatic heterocycles. The van der Waals surface area contributed by atoms with Crippen LogP contribution in [0.4, 0.5) is 0 Å². The Bertz CT molecular complexity index is 189. The number of Topliss-reactive ketones (excluding diaryl/α,β-unsaturated/α-hetero) is 1. The summed E-state index contributed by atoms with van der Waals surface area (Å²) >= 11 is 0. The van der Waals surface area contributed by atoms with Crippen molar-refractivity contribution < 1.29 is 14.3 Å². The lowest BCUT2D eigenvalue weighted by Gasteiger charge is -2.14. The Balaban J connectivity index is 4.11. The van der Waals surface area contributed by atoms with Gasteiger partial charge in [-0.3, -0.25) is 9.59 Å². The van der Waals surface area contributed by atoms with Crippen molar-refractivity contribution in [3.8, 4) is 0 Å². The lowest BCUT2D eigenvalue weighted by Crippen LogP contribution is -2.27.